The second-order valence-corrected chi connectivity index (χ2v) is 6.44. The molecule has 0 bridgehead atoms. The first-order valence-electron chi connectivity index (χ1n) is 8.79. The van der Waals surface area contributed by atoms with Crippen LogP contribution in [-0.4, -0.2) is 35.8 Å². The topological polar surface area (TPSA) is 73.2 Å². The zero-order valence-electron chi connectivity index (χ0n) is 14.5. The molecule has 1 aliphatic heterocycles. The van der Waals surface area contributed by atoms with E-state index in [9.17, 15) is 9.59 Å². The lowest BCUT2D eigenvalue weighted by Crippen LogP contribution is -2.43. The number of nitrogens with one attached hydrogen (secondary N) is 1. The summed E-state index contributed by atoms with van der Waals surface area (Å²) in [6.45, 7) is 0.729. The molecule has 2 aromatic rings. The molecule has 5 heteroatoms. The molecule has 1 N–H and O–H groups in total. The number of rotatable bonds is 5. The molecule has 1 atom stereocenters. The summed E-state index contributed by atoms with van der Waals surface area (Å²) in [6.07, 6.45) is 2.83. The van der Waals surface area contributed by atoms with Gasteiger partial charge in [0.1, 0.15) is 0 Å². The van der Waals surface area contributed by atoms with Gasteiger partial charge in [0.05, 0.1) is 18.2 Å². The summed E-state index contributed by atoms with van der Waals surface area (Å²) in [4.78, 5) is 26.6. The van der Waals surface area contributed by atoms with Crippen LogP contribution in [0.5, 0.6) is 0 Å². The molecule has 3 rings (SSSR count). The average Bonchev–Trinajstić information content (AvgIpc) is 3.15. The molecule has 132 valence electrons. The highest BCUT2D eigenvalue weighted by Gasteiger charge is 2.28. The van der Waals surface area contributed by atoms with Crippen LogP contribution >= 0.6 is 0 Å². The van der Waals surface area contributed by atoms with E-state index in [1.807, 2.05) is 29.2 Å². The van der Waals surface area contributed by atoms with Crippen molar-refractivity contribution in [2.75, 3.05) is 13.1 Å². The van der Waals surface area contributed by atoms with Crippen LogP contribution in [-0.2, 0) is 11.2 Å². The maximum Gasteiger partial charge on any atom is 0.251 e. The number of nitriles is 1. The molecule has 0 saturated carbocycles. The largest absolute Gasteiger partial charge is 0.343 e. The Kier molecular flexibility index (Phi) is 5.65. The van der Waals surface area contributed by atoms with Crippen LogP contribution in [0.2, 0.25) is 0 Å². The molecular formula is C21H21N3O2. The normalized spacial score (nSPS) is 16.1. The van der Waals surface area contributed by atoms with Crippen molar-refractivity contribution in [1.82, 2.24) is 10.2 Å². The van der Waals surface area contributed by atoms with Crippen LogP contribution in [0, 0.1) is 11.3 Å². The number of carbonyl (C=O) groups excluding carboxylic acids is 2. The second kappa shape index (κ2) is 8.30. The third-order valence-electron chi connectivity index (χ3n) is 4.69. The maximum absolute atomic E-state index is 12.6. The highest BCUT2D eigenvalue weighted by atomic mass is 16.2. The molecule has 1 aliphatic rings. The Hall–Kier alpha value is -3.13. The Balaban J connectivity index is 1.55. The van der Waals surface area contributed by atoms with Crippen molar-refractivity contribution in [1.29, 1.82) is 5.26 Å². The summed E-state index contributed by atoms with van der Waals surface area (Å²) in [6, 6.07) is 18.7. The summed E-state index contributed by atoms with van der Waals surface area (Å²) in [5.41, 5.74) is 2.16. The molecule has 0 aliphatic carbocycles. The zero-order chi connectivity index (χ0) is 18.4. The molecule has 2 amide bonds. The Morgan fingerprint density at radius 3 is 2.54 bits per heavy atom. The third-order valence-corrected chi connectivity index (χ3v) is 4.69. The number of benzene rings is 2. The number of amides is 2. The van der Waals surface area contributed by atoms with Crippen molar-refractivity contribution in [3.05, 3.63) is 71.3 Å². The van der Waals surface area contributed by atoms with Crippen LogP contribution in [0.4, 0.5) is 0 Å². The Morgan fingerprint density at radius 2 is 1.85 bits per heavy atom. The maximum atomic E-state index is 12.6. The summed E-state index contributed by atoms with van der Waals surface area (Å²) in [5, 5.41) is 11.5. The molecular weight excluding hydrogens is 326 g/mol. The van der Waals surface area contributed by atoms with Gasteiger partial charge in [-0.15, -0.1) is 0 Å². The van der Waals surface area contributed by atoms with E-state index in [4.69, 9.17) is 5.26 Å². The predicted octanol–water partition coefficient (Wildman–Crippen LogP) is 2.52. The Bertz CT molecular complexity index is 809. The summed E-state index contributed by atoms with van der Waals surface area (Å²) in [7, 11) is 0. The Labute approximate surface area is 153 Å². The molecule has 2 aromatic carbocycles. The number of hydrogen-bond donors (Lipinski definition) is 1. The van der Waals surface area contributed by atoms with E-state index in [2.05, 4.69) is 17.4 Å². The molecule has 1 fully saturated rings. The van der Waals surface area contributed by atoms with Gasteiger partial charge in [-0.05, 0) is 49.1 Å². The van der Waals surface area contributed by atoms with Crippen LogP contribution in [0.1, 0.15) is 34.3 Å². The molecule has 0 radical (unpaired) electrons. The van der Waals surface area contributed by atoms with Gasteiger partial charge in [0.25, 0.3) is 5.91 Å². The SMILES string of the molecule is N#Cc1ccc(C(=O)NCC(=O)N2CCC[C@@H]2Cc2ccccc2)cc1. The zero-order valence-corrected chi connectivity index (χ0v) is 14.5. The van der Waals surface area contributed by atoms with Gasteiger partial charge in [-0.1, -0.05) is 30.3 Å². The fourth-order valence-electron chi connectivity index (χ4n) is 3.32. The van der Waals surface area contributed by atoms with E-state index in [-0.39, 0.29) is 24.4 Å². The minimum Gasteiger partial charge on any atom is -0.343 e. The van der Waals surface area contributed by atoms with Gasteiger partial charge in [0, 0.05) is 18.2 Å². The Morgan fingerprint density at radius 1 is 1.12 bits per heavy atom. The number of carbonyl (C=O) groups is 2. The van der Waals surface area contributed by atoms with Gasteiger partial charge in [-0.3, -0.25) is 9.59 Å². The average molecular weight is 347 g/mol. The lowest BCUT2D eigenvalue weighted by Gasteiger charge is -2.25. The molecule has 0 unspecified atom stereocenters. The first-order chi connectivity index (χ1) is 12.7. The first-order valence-corrected chi connectivity index (χ1v) is 8.79. The van der Waals surface area contributed by atoms with E-state index < -0.39 is 0 Å². The van der Waals surface area contributed by atoms with Crippen LogP contribution in [0.3, 0.4) is 0 Å². The van der Waals surface area contributed by atoms with Crippen molar-refractivity contribution in [3.8, 4) is 6.07 Å². The van der Waals surface area contributed by atoms with Gasteiger partial charge < -0.3 is 10.2 Å². The van der Waals surface area contributed by atoms with Crippen LogP contribution in [0.15, 0.2) is 54.6 Å². The minimum atomic E-state index is -0.304. The number of nitrogens with zero attached hydrogens (tertiary/aromatic N) is 2. The fraction of sp³-hybridized carbons (Fsp3) is 0.286. The lowest BCUT2D eigenvalue weighted by molar-refractivity contribution is -0.130. The summed E-state index contributed by atoms with van der Waals surface area (Å²) in [5.74, 6) is -0.355. The summed E-state index contributed by atoms with van der Waals surface area (Å²) < 4.78 is 0. The van der Waals surface area contributed by atoms with Crippen molar-refractivity contribution >= 4 is 11.8 Å². The molecule has 1 saturated heterocycles. The smallest absolute Gasteiger partial charge is 0.251 e. The highest BCUT2D eigenvalue weighted by molar-refractivity contribution is 5.96. The monoisotopic (exact) mass is 347 g/mol. The molecule has 0 spiro atoms. The quantitative estimate of drug-likeness (QED) is 0.903. The van der Waals surface area contributed by atoms with Crippen molar-refractivity contribution in [2.24, 2.45) is 0 Å². The fourth-order valence-corrected chi connectivity index (χ4v) is 3.32. The van der Waals surface area contributed by atoms with Gasteiger partial charge >= 0.3 is 0 Å². The van der Waals surface area contributed by atoms with Crippen molar-refractivity contribution in [2.45, 2.75) is 25.3 Å². The van der Waals surface area contributed by atoms with Crippen LogP contribution in [0.25, 0.3) is 0 Å². The number of hydrogen-bond acceptors (Lipinski definition) is 3. The van der Waals surface area contributed by atoms with Crippen molar-refractivity contribution in [3.63, 3.8) is 0 Å². The molecule has 0 aromatic heterocycles. The van der Waals surface area contributed by atoms with E-state index in [0.717, 1.165) is 25.8 Å². The van der Waals surface area contributed by atoms with Crippen LogP contribution < -0.4 is 5.32 Å². The predicted molar refractivity (Wildman–Crippen MR) is 98.4 cm³/mol. The second-order valence-electron chi connectivity index (χ2n) is 6.44. The molecule has 5 nitrogen and oxygen atoms in total. The first kappa shape index (κ1) is 17.7. The van der Waals surface area contributed by atoms with Gasteiger partial charge in [0.15, 0.2) is 0 Å². The lowest BCUT2D eigenvalue weighted by atomic mass is 10.0. The van der Waals surface area contributed by atoms with E-state index in [0.29, 0.717) is 11.1 Å². The number of likely N-dealkylation sites (tertiary alicyclic amines) is 1. The van der Waals surface area contributed by atoms with E-state index in [1.165, 1.54) is 5.56 Å². The van der Waals surface area contributed by atoms with Gasteiger partial charge in [0.2, 0.25) is 5.91 Å². The van der Waals surface area contributed by atoms with E-state index in [1.54, 1.807) is 24.3 Å². The minimum absolute atomic E-state index is 0.00980. The van der Waals surface area contributed by atoms with Gasteiger partial charge in [-0.2, -0.15) is 5.26 Å². The van der Waals surface area contributed by atoms with Crippen molar-refractivity contribution < 1.29 is 9.59 Å². The molecule has 1 heterocycles. The van der Waals surface area contributed by atoms with Gasteiger partial charge in [-0.25, -0.2) is 0 Å². The highest BCUT2D eigenvalue weighted by Crippen LogP contribution is 2.21. The molecule has 26 heavy (non-hydrogen) atoms. The van der Waals surface area contributed by atoms with E-state index >= 15 is 0 Å². The summed E-state index contributed by atoms with van der Waals surface area (Å²) >= 11 is 0. The standard InChI is InChI=1S/C21H21N3O2/c22-14-17-8-10-18(11-9-17)21(26)23-15-20(25)24-12-4-7-19(24)13-16-5-2-1-3-6-16/h1-3,5-6,8-11,19H,4,7,12-13,15H2,(H,23,26)/t19-/m1/s1. The third kappa shape index (κ3) is 4.28.